The Balaban J connectivity index is 3.54. The van der Waals surface area contributed by atoms with Crippen LogP contribution in [0.1, 0.15) is 27.2 Å². The van der Waals surface area contributed by atoms with Crippen molar-refractivity contribution in [2.24, 2.45) is 5.92 Å². The number of hydrogen-bond donors (Lipinski definition) is 0. The molecular formula is C10H17. The molecule has 0 aliphatic carbocycles. The molecule has 0 saturated carbocycles. The van der Waals surface area contributed by atoms with Crippen molar-refractivity contribution in [2.75, 3.05) is 0 Å². The monoisotopic (exact) mass is 137 g/mol. The third kappa shape index (κ3) is 5.61. The normalized spacial score (nSPS) is 13.5. The highest BCUT2D eigenvalue weighted by atomic mass is 13.9. The van der Waals surface area contributed by atoms with Crippen LogP contribution >= 0.6 is 0 Å². The molecule has 57 valence electrons. The van der Waals surface area contributed by atoms with Gasteiger partial charge in [-0.1, -0.05) is 37.6 Å². The summed E-state index contributed by atoms with van der Waals surface area (Å²) in [7, 11) is 0. The van der Waals surface area contributed by atoms with Crippen LogP contribution in [0.15, 0.2) is 23.8 Å². The Morgan fingerprint density at radius 2 is 2.10 bits per heavy atom. The van der Waals surface area contributed by atoms with Crippen molar-refractivity contribution in [3.63, 3.8) is 0 Å². The highest BCUT2D eigenvalue weighted by Crippen LogP contribution is 2.02. The summed E-state index contributed by atoms with van der Waals surface area (Å²) in [5.41, 5.74) is 1.33. The van der Waals surface area contributed by atoms with Gasteiger partial charge < -0.3 is 0 Å². The van der Waals surface area contributed by atoms with Gasteiger partial charge in [-0.25, -0.2) is 0 Å². The Morgan fingerprint density at radius 1 is 1.50 bits per heavy atom. The predicted octanol–water partition coefficient (Wildman–Crippen LogP) is 3.37. The van der Waals surface area contributed by atoms with Crippen molar-refractivity contribution in [3.05, 3.63) is 30.7 Å². The van der Waals surface area contributed by atoms with Crippen molar-refractivity contribution < 1.29 is 0 Å². The van der Waals surface area contributed by atoms with Gasteiger partial charge in [-0.15, -0.1) is 0 Å². The van der Waals surface area contributed by atoms with Crippen LogP contribution in [0.2, 0.25) is 0 Å². The van der Waals surface area contributed by atoms with Crippen molar-refractivity contribution in [2.45, 2.75) is 27.2 Å². The maximum Gasteiger partial charge on any atom is -0.0141 e. The average molecular weight is 137 g/mol. The van der Waals surface area contributed by atoms with Crippen LogP contribution in [-0.2, 0) is 0 Å². The minimum Gasteiger partial charge on any atom is -0.0856 e. The smallest absolute Gasteiger partial charge is 0.0141 e. The second-order valence-corrected chi connectivity index (χ2v) is 2.93. The molecule has 0 bridgehead atoms. The first-order valence-corrected chi connectivity index (χ1v) is 3.78. The summed E-state index contributed by atoms with van der Waals surface area (Å²) in [4.78, 5) is 0. The zero-order valence-corrected chi connectivity index (χ0v) is 7.22. The highest BCUT2D eigenvalue weighted by Gasteiger charge is 1.84. The van der Waals surface area contributed by atoms with Crippen molar-refractivity contribution in [1.29, 1.82) is 0 Å². The van der Waals surface area contributed by atoms with Crippen LogP contribution in [-0.4, -0.2) is 0 Å². The molecule has 0 nitrogen and oxygen atoms in total. The lowest BCUT2D eigenvalue weighted by Crippen LogP contribution is -1.77. The van der Waals surface area contributed by atoms with Crippen LogP contribution in [0.4, 0.5) is 0 Å². The molecule has 0 spiro atoms. The van der Waals surface area contributed by atoms with E-state index in [-0.39, 0.29) is 0 Å². The molecule has 10 heavy (non-hydrogen) atoms. The first kappa shape index (κ1) is 9.48. The van der Waals surface area contributed by atoms with E-state index in [1.54, 1.807) is 0 Å². The van der Waals surface area contributed by atoms with E-state index in [2.05, 4.69) is 39.8 Å². The first-order chi connectivity index (χ1) is 4.66. The van der Waals surface area contributed by atoms with Gasteiger partial charge in [0.25, 0.3) is 0 Å². The van der Waals surface area contributed by atoms with Crippen LogP contribution in [0.3, 0.4) is 0 Å². The Kier molecular flexibility index (Phi) is 5.00. The molecule has 0 atom stereocenters. The fraction of sp³-hybridized carbons (Fsp3) is 0.500. The van der Waals surface area contributed by atoms with E-state index < -0.39 is 0 Å². The summed E-state index contributed by atoms with van der Waals surface area (Å²) in [6.07, 6.45) is 7.36. The summed E-state index contributed by atoms with van der Waals surface area (Å²) in [5.74, 6) is 0.664. The lowest BCUT2D eigenvalue weighted by Gasteiger charge is -1.94. The van der Waals surface area contributed by atoms with Gasteiger partial charge in [-0.2, -0.15) is 0 Å². The number of hydrogen-bond acceptors (Lipinski definition) is 0. The van der Waals surface area contributed by atoms with Crippen LogP contribution in [0.25, 0.3) is 0 Å². The van der Waals surface area contributed by atoms with Gasteiger partial charge in [0.1, 0.15) is 0 Å². The maximum atomic E-state index is 3.69. The molecular weight excluding hydrogens is 120 g/mol. The summed E-state index contributed by atoms with van der Waals surface area (Å²) >= 11 is 0. The summed E-state index contributed by atoms with van der Waals surface area (Å²) < 4.78 is 0. The van der Waals surface area contributed by atoms with Crippen molar-refractivity contribution in [1.82, 2.24) is 0 Å². The minimum absolute atomic E-state index is 0.664. The molecule has 0 aliphatic heterocycles. The van der Waals surface area contributed by atoms with E-state index in [1.807, 2.05) is 6.08 Å². The van der Waals surface area contributed by atoms with Gasteiger partial charge in [-0.3, -0.25) is 0 Å². The lowest BCUT2D eigenvalue weighted by atomic mass is 10.1. The van der Waals surface area contributed by atoms with E-state index >= 15 is 0 Å². The van der Waals surface area contributed by atoms with Crippen molar-refractivity contribution in [3.8, 4) is 0 Å². The number of allylic oxidation sites excluding steroid dienone is 4. The molecule has 0 saturated heterocycles. The second-order valence-electron chi connectivity index (χ2n) is 2.93. The van der Waals surface area contributed by atoms with Crippen LogP contribution in [0.5, 0.6) is 0 Å². The third-order valence-electron chi connectivity index (χ3n) is 1.31. The van der Waals surface area contributed by atoms with Gasteiger partial charge in [-0.05, 0) is 26.2 Å². The summed E-state index contributed by atoms with van der Waals surface area (Å²) in [5, 5.41) is 0. The summed E-state index contributed by atoms with van der Waals surface area (Å²) in [6.45, 7) is 10.1. The third-order valence-corrected chi connectivity index (χ3v) is 1.31. The Labute approximate surface area is 64.6 Å². The Hall–Kier alpha value is -0.520. The second kappa shape index (κ2) is 5.28. The molecule has 0 rings (SSSR count). The summed E-state index contributed by atoms with van der Waals surface area (Å²) in [6, 6.07) is 0. The molecule has 0 fully saturated rings. The van der Waals surface area contributed by atoms with Gasteiger partial charge in [0.2, 0.25) is 0 Å². The molecule has 0 unspecified atom stereocenters. The molecule has 0 heterocycles. The predicted molar refractivity (Wildman–Crippen MR) is 47.7 cm³/mol. The van der Waals surface area contributed by atoms with Gasteiger partial charge in [0.15, 0.2) is 0 Å². The lowest BCUT2D eigenvalue weighted by molar-refractivity contribution is 0.827. The van der Waals surface area contributed by atoms with Crippen LogP contribution < -0.4 is 0 Å². The molecule has 0 aromatic carbocycles. The zero-order valence-electron chi connectivity index (χ0n) is 7.22. The molecule has 0 amide bonds. The van der Waals surface area contributed by atoms with E-state index in [9.17, 15) is 0 Å². The first-order valence-electron chi connectivity index (χ1n) is 3.78. The molecule has 1 radical (unpaired) electrons. The molecule has 0 aromatic rings. The van der Waals surface area contributed by atoms with Crippen LogP contribution in [0, 0.1) is 12.8 Å². The van der Waals surface area contributed by atoms with Crippen molar-refractivity contribution >= 4 is 0 Å². The topological polar surface area (TPSA) is 0 Å². The van der Waals surface area contributed by atoms with E-state index in [1.165, 1.54) is 5.57 Å². The largest absolute Gasteiger partial charge is 0.0856 e. The fourth-order valence-electron chi connectivity index (χ4n) is 0.609. The van der Waals surface area contributed by atoms with E-state index in [0.717, 1.165) is 6.42 Å². The highest BCUT2D eigenvalue weighted by molar-refractivity contribution is 5.05. The zero-order chi connectivity index (χ0) is 7.98. The molecule has 0 aromatic heterocycles. The Bertz CT molecular complexity index is 127. The van der Waals surface area contributed by atoms with Gasteiger partial charge in [0, 0.05) is 0 Å². The van der Waals surface area contributed by atoms with Gasteiger partial charge >= 0.3 is 0 Å². The average Bonchev–Trinajstić information content (AvgIpc) is 1.87. The molecule has 0 aliphatic rings. The van der Waals surface area contributed by atoms with E-state index in [0.29, 0.717) is 5.92 Å². The fourth-order valence-corrected chi connectivity index (χ4v) is 0.609. The quantitative estimate of drug-likeness (QED) is 0.523. The van der Waals surface area contributed by atoms with Gasteiger partial charge in [0.05, 0.1) is 0 Å². The number of rotatable bonds is 3. The standard InChI is InChI=1S/C10H17/c1-5-10(4)8-6-7-9(2)3/h5-7,9H,1,8H2,2-4H3/b7-6+,10-5+. The SMILES string of the molecule is [CH2]/C=C(\C)C/C=C/C(C)C. The minimum atomic E-state index is 0.664. The maximum absolute atomic E-state index is 3.69. The molecule has 0 N–H and O–H groups in total. The Morgan fingerprint density at radius 3 is 2.50 bits per heavy atom. The van der Waals surface area contributed by atoms with E-state index in [4.69, 9.17) is 0 Å². The molecule has 0 heteroatoms.